The number of carbonyl (C=O) groups is 1. The van der Waals surface area contributed by atoms with Gasteiger partial charge in [-0.15, -0.1) is 0 Å². The number of nitrogens with one attached hydrogen (secondary N) is 1. The summed E-state index contributed by atoms with van der Waals surface area (Å²) in [5.41, 5.74) is 4.56. The van der Waals surface area contributed by atoms with Crippen LogP contribution in [0.3, 0.4) is 0 Å². The van der Waals surface area contributed by atoms with Gasteiger partial charge in [-0.25, -0.2) is 9.31 Å². The fourth-order valence-corrected chi connectivity index (χ4v) is 5.86. The molecular formula is C27H35N5O4. The summed E-state index contributed by atoms with van der Waals surface area (Å²) in [6.45, 7) is 5.84. The van der Waals surface area contributed by atoms with Crippen molar-refractivity contribution in [2.45, 2.75) is 31.0 Å². The third-order valence-electron chi connectivity index (χ3n) is 8.21. The fourth-order valence-electron chi connectivity index (χ4n) is 5.86. The van der Waals surface area contributed by atoms with Crippen LogP contribution in [0.5, 0.6) is 0 Å². The van der Waals surface area contributed by atoms with E-state index in [1.165, 1.54) is 11.1 Å². The van der Waals surface area contributed by atoms with Gasteiger partial charge in [0.05, 0.1) is 30.0 Å². The van der Waals surface area contributed by atoms with Gasteiger partial charge < -0.3 is 29.3 Å². The second-order valence-electron chi connectivity index (χ2n) is 10.2. The zero-order chi connectivity index (χ0) is 24.5. The van der Waals surface area contributed by atoms with Crippen LogP contribution in [0.2, 0.25) is 0 Å². The summed E-state index contributed by atoms with van der Waals surface area (Å²) in [4.78, 5) is 16.5. The highest BCUT2D eigenvalue weighted by Gasteiger charge is 2.39. The molecule has 192 valence electrons. The van der Waals surface area contributed by atoms with Crippen molar-refractivity contribution in [1.29, 1.82) is 0 Å². The zero-order valence-corrected chi connectivity index (χ0v) is 20.9. The number of piperidine rings is 1. The number of ether oxygens (including phenoxy) is 3. The highest BCUT2D eigenvalue weighted by Crippen LogP contribution is 2.38. The van der Waals surface area contributed by atoms with Gasteiger partial charge in [0.25, 0.3) is 0 Å². The Morgan fingerprint density at radius 2 is 2.00 bits per heavy atom. The maximum absolute atomic E-state index is 12.4. The van der Waals surface area contributed by atoms with Crippen LogP contribution in [0.15, 0.2) is 42.8 Å². The molecule has 0 aromatic carbocycles. The van der Waals surface area contributed by atoms with E-state index in [1.54, 1.807) is 4.90 Å². The predicted molar refractivity (Wildman–Crippen MR) is 137 cm³/mol. The topological polar surface area (TPSA) is 80.6 Å². The Balaban J connectivity index is 1.14. The molecule has 9 nitrogen and oxygen atoms in total. The van der Waals surface area contributed by atoms with Crippen LogP contribution < -0.4 is 10.2 Å². The number of methoxy groups -OCH3 is 1. The lowest BCUT2D eigenvalue weighted by Gasteiger charge is -2.42. The summed E-state index contributed by atoms with van der Waals surface area (Å²) in [6.07, 6.45) is 13.7. The number of piperazine rings is 1. The summed E-state index contributed by atoms with van der Waals surface area (Å²) in [6, 6.07) is 4.30. The number of fused-ring (bicyclic) bond motifs is 1. The Labute approximate surface area is 211 Å². The molecule has 4 aliphatic rings. The van der Waals surface area contributed by atoms with Crippen molar-refractivity contribution in [3.63, 3.8) is 0 Å². The largest absolute Gasteiger partial charge is 0.441 e. The molecule has 2 aromatic rings. The third-order valence-corrected chi connectivity index (χ3v) is 8.21. The third kappa shape index (κ3) is 4.40. The average Bonchev–Trinajstić information content (AvgIpc) is 3.36. The van der Waals surface area contributed by atoms with Crippen LogP contribution in [0.1, 0.15) is 24.8 Å². The van der Waals surface area contributed by atoms with Crippen LogP contribution >= 0.6 is 0 Å². The number of nitrogens with zero attached hydrogens (tertiary/aromatic N) is 4. The van der Waals surface area contributed by atoms with Gasteiger partial charge in [0.2, 0.25) is 0 Å². The molecule has 5 heterocycles. The summed E-state index contributed by atoms with van der Waals surface area (Å²) in [7, 11) is 1.86. The maximum Gasteiger partial charge on any atom is 0.410 e. The summed E-state index contributed by atoms with van der Waals surface area (Å²) >= 11 is 0. The van der Waals surface area contributed by atoms with Crippen molar-refractivity contribution in [1.82, 2.24) is 19.8 Å². The van der Waals surface area contributed by atoms with E-state index in [2.05, 4.69) is 51.9 Å². The van der Waals surface area contributed by atoms with Gasteiger partial charge >= 0.3 is 6.09 Å². The number of amides is 1. The molecule has 1 atom stereocenters. The molecule has 1 aliphatic carbocycles. The molecule has 0 radical (unpaired) electrons. The van der Waals surface area contributed by atoms with Crippen molar-refractivity contribution in [3.05, 3.63) is 48.3 Å². The van der Waals surface area contributed by atoms with Gasteiger partial charge in [0.1, 0.15) is 0 Å². The van der Waals surface area contributed by atoms with Crippen LogP contribution in [0.4, 0.5) is 10.5 Å². The molecule has 0 saturated carbocycles. The lowest BCUT2D eigenvalue weighted by molar-refractivity contribution is -0.104. The Morgan fingerprint density at radius 3 is 2.67 bits per heavy atom. The minimum Gasteiger partial charge on any atom is -0.441 e. The predicted octanol–water partition coefficient (Wildman–Crippen LogP) is 2.72. The van der Waals surface area contributed by atoms with Gasteiger partial charge in [-0.1, -0.05) is 18.2 Å². The number of hydrogen-bond acceptors (Lipinski definition) is 7. The molecule has 3 aliphatic heterocycles. The van der Waals surface area contributed by atoms with E-state index in [0.29, 0.717) is 32.2 Å². The normalized spacial score (nSPS) is 24.5. The number of anilines is 1. The molecule has 3 saturated heterocycles. The van der Waals surface area contributed by atoms with Gasteiger partial charge in [0.15, 0.2) is 6.10 Å². The quantitative estimate of drug-likeness (QED) is 0.686. The number of rotatable bonds is 5. The number of carbonyl (C=O) groups excluding carboxylic acids is 1. The Morgan fingerprint density at radius 1 is 1.19 bits per heavy atom. The highest BCUT2D eigenvalue weighted by molar-refractivity contribution is 5.82. The lowest BCUT2D eigenvalue weighted by atomic mass is 9.75. The van der Waals surface area contributed by atoms with Gasteiger partial charge in [0, 0.05) is 57.2 Å². The van der Waals surface area contributed by atoms with Crippen molar-refractivity contribution >= 4 is 22.9 Å². The highest BCUT2D eigenvalue weighted by atomic mass is 16.6. The standard InChI is InChI=1S/C27H35N5O4/c1-34-27(7-10-28-11-8-27)22-4-2-20(3-5-22)21-16-25-24(6-9-29-32(25)17-21)30-12-14-31(15-13-30)26(33)36-23-18-35-19-23/h2-4,6,9,16-17,22-23,28H,5,7-8,10-15,18-19H2,1H3. The molecule has 9 heteroatoms. The molecule has 1 N–H and O–H groups in total. The molecule has 36 heavy (non-hydrogen) atoms. The summed E-state index contributed by atoms with van der Waals surface area (Å²) < 4.78 is 18.6. The molecule has 0 bridgehead atoms. The SMILES string of the molecule is COC1(C2C=CC(c3cc4c(N5CCN(C(=O)OC6COC6)CC5)ccnn4c3)=CC2)CCNCC1. The maximum atomic E-state index is 12.4. The van der Waals surface area contributed by atoms with E-state index in [0.717, 1.165) is 56.6 Å². The average molecular weight is 494 g/mol. The van der Waals surface area contributed by atoms with Crippen LogP contribution in [0.25, 0.3) is 11.1 Å². The van der Waals surface area contributed by atoms with E-state index in [-0.39, 0.29) is 17.8 Å². The first-order valence-electron chi connectivity index (χ1n) is 13.1. The molecular weight excluding hydrogens is 458 g/mol. The van der Waals surface area contributed by atoms with Crippen molar-refractivity contribution in [3.8, 4) is 0 Å². The van der Waals surface area contributed by atoms with Crippen molar-refractivity contribution in [2.24, 2.45) is 5.92 Å². The van der Waals surface area contributed by atoms with E-state index in [4.69, 9.17) is 14.2 Å². The van der Waals surface area contributed by atoms with Crippen LogP contribution in [-0.2, 0) is 14.2 Å². The van der Waals surface area contributed by atoms with Crippen LogP contribution in [-0.4, -0.2) is 91.9 Å². The first-order chi connectivity index (χ1) is 17.6. The lowest BCUT2D eigenvalue weighted by Crippen LogP contribution is -2.51. The molecule has 3 fully saturated rings. The van der Waals surface area contributed by atoms with Gasteiger partial charge in [-0.05, 0) is 50.1 Å². The minimum absolute atomic E-state index is 0.0653. The monoisotopic (exact) mass is 493 g/mol. The summed E-state index contributed by atoms with van der Waals surface area (Å²) in [5.74, 6) is 0.402. The van der Waals surface area contributed by atoms with Crippen molar-refractivity contribution < 1.29 is 19.0 Å². The minimum atomic E-state index is -0.234. The molecule has 0 spiro atoms. The van der Waals surface area contributed by atoms with Crippen LogP contribution in [0, 0.1) is 5.92 Å². The first kappa shape index (κ1) is 23.5. The Kier molecular flexibility index (Phi) is 6.45. The van der Waals surface area contributed by atoms with Gasteiger partial charge in [-0.3, -0.25) is 0 Å². The molecule has 1 unspecified atom stereocenters. The second kappa shape index (κ2) is 9.88. The summed E-state index contributed by atoms with van der Waals surface area (Å²) in [5, 5.41) is 8.02. The van der Waals surface area contributed by atoms with E-state index in [9.17, 15) is 4.79 Å². The van der Waals surface area contributed by atoms with E-state index < -0.39 is 0 Å². The van der Waals surface area contributed by atoms with Crippen molar-refractivity contribution in [2.75, 3.05) is 64.5 Å². The smallest absolute Gasteiger partial charge is 0.410 e. The fraction of sp³-hybridized carbons (Fsp3) is 0.556. The zero-order valence-electron chi connectivity index (χ0n) is 20.9. The Hall–Kier alpha value is -2.88. The first-order valence-corrected chi connectivity index (χ1v) is 13.1. The number of hydrogen-bond donors (Lipinski definition) is 1. The van der Waals surface area contributed by atoms with Gasteiger partial charge in [-0.2, -0.15) is 5.10 Å². The number of allylic oxidation sites excluding steroid dienone is 3. The van der Waals surface area contributed by atoms with E-state index in [1.807, 2.05) is 17.8 Å². The second-order valence-corrected chi connectivity index (χ2v) is 10.2. The molecule has 6 rings (SSSR count). The molecule has 2 aromatic heterocycles. The Bertz CT molecular complexity index is 1160. The van der Waals surface area contributed by atoms with E-state index >= 15 is 0 Å². The number of aromatic nitrogens is 2. The molecule has 1 amide bonds.